The van der Waals surface area contributed by atoms with Gasteiger partial charge in [0.15, 0.2) is 5.78 Å². The van der Waals surface area contributed by atoms with E-state index in [2.05, 4.69) is 12.1 Å². The van der Waals surface area contributed by atoms with E-state index in [4.69, 9.17) is 9.47 Å². The van der Waals surface area contributed by atoms with Crippen LogP contribution in [0.1, 0.15) is 31.2 Å². The fourth-order valence-electron chi connectivity index (χ4n) is 3.36. The lowest BCUT2D eigenvalue weighted by atomic mass is 10.1. The minimum absolute atomic E-state index is 0.0285. The van der Waals surface area contributed by atoms with Crippen molar-refractivity contribution in [1.82, 2.24) is 0 Å². The van der Waals surface area contributed by atoms with E-state index in [0.717, 1.165) is 22.4 Å². The fraction of sp³-hybridized carbons (Fsp3) is 0.107. The maximum atomic E-state index is 13.1. The van der Waals surface area contributed by atoms with Gasteiger partial charge in [-0.1, -0.05) is 42.5 Å². The Morgan fingerprint density at radius 2 is 1.76 bits per heavy atom. The molecule has 33 heavy (non-hydrogen) atoms. The van der Waals surface area contributed by atoms with Gasteiger partial charge in [-0.2, -0.15) is 0 Å². The summed E-state index contributed by atoms with van der Waals surface area (Å²) in [6.45, 7) is 0.262. The Labute approximate surface area is 196 Å². The summed E-state index contributed by atoms with van der Waals surface area (Å²) in [5.41, 5.74) is 2.92. The molecule has 3 aromatic carbocycles. The molecule has 1 aromatic heterocycles. The van der Waals surface area contributed by atoms with Gasteiger partial charge < -0.3 is 9.47 Å². The summed E-state index contributed by atoms with van der Waals surface area (Å²) in [7, 11) is 1.60. The molecule has 0 aliphatic carbocycles. The Morgan fingerprint density at radius 1 is 0.970 bits per heavy atom. The summed E-state index contributed by atoms with van der Waals surface area (Å²) in [5.74, 6) is 0.914. The largest absolute Gasteiger partial charge is 0.496 e. The number of halogens is 1. The first-order valence-corrected chi connectivity index (χ1v) is 11.3. The van der Waals surface area contributed by atoms with E-state index in [9.17, 15) is 9.18 Å². The third-order valence-electron chi connectivity index (χ3n) is 5.07. The van der Waals surface area contributed by atoms with Crippen molar-refractivity contribution < 1.29 is 18.7 Å². The normalized spacial score (nSPS) is 11.0. The summed E-state index contributed by atoms with van der Waals surface area (Å²) >= 11 is 1.52. The number of hydrogen-bond donors (Lipinski definition) is 0. The van der Waals surface area contributed by atoms with Crippen molar-refractivity contribution in [3.05, 3.63) is 123 Å². The lowest BCUT2D eigenvalue weighted by Crippen LogP contribution is -1.99. The van der Waals surface area contributed by atoms with Crippen LogP contribution in [0.25, 0.3) is 6.08 Å². The molecule has 0 unspecified atom stereocenters. The van der Waals surface area contributed by atoms with Gasteiger partial charge in [0.1, 0.15) is 23.9 Å². The molecule has 0 N–H and O–H groups in total. The van der Waals surface area contributed by atoms with Gasteiger partial charge in [0, 0.05) is 16.9 Å². The smallest absolute Gasteiger partial charge is 0.195 e. The molecule has 0 saturated heterocycles. The summed E-state index contributed by atoms with van der Waals surface area (Å²) in [6.07, 6.45) is 4.20. The second-order valence-electron chi connectivity index (χ2n) is 7.44. The van der Waals surface area contributed by atoms with Crippen LogP contribution in [0.4, 0.5) is 4.39 Å². The predicted molar refractivity (Wildman–Crippen MR) is 131 cm³/mol. The van der Waals surface area contributed by atoms with E-state index in [0.29, 0.717) is 16.4 Å². The fourth-order valence-corrected chi connectivity index (χ4v) is 4.33. The van der Waals surface area contributed by atoms with Gasteiger partial charge in [-0.05, 0) is 65.7 Å². The van der Waals surface area contributed by atoms with E-state index in [1.807, 2.05) is 48.5 Å². The molecule has 0 saturated carbocycles. The number of thiophene rings is 1. The molecule has 0 fully saturated rings. The Morgan fingerprint density at radius 3 is 2.52 bits per heavy atom. The number of carbonyl (C=O) groups excluding carboxylic acids is 1. The summed E-state index contributed by atoms with van der Waals surface area (Å²) in [5, 5.41) is 0. The molecular formula is C28H23FO3S. The zero-order chi connectivity index (χ0) is 23.0. The lowest BCUT2D eigenvalue weighted by molar-refractivity contribution is 0.105. The van der Waals surface area contributed by atoms with Crippen LogP contribution in [0, 0.1) is 5.82 Å². The van der Waals surface area contributed by atoms with Gasteiger partial charge in [0.2, 0.25) is 0 Å². The summed E-state index contributed by atoms with van der Waals surface area (Å²) in [6, 6.07) is 25.6. The van der Waals surface area contributed by atoms with E-state index in [1.165, 1.54) is 29.0 Å². The quantitative estimate of drug-likeness (QED) is 0.201. The topological polar surface area (TPSA) is 35.5 Å². The van der Waals surface area contributed by atoms with Crippen molar-refractivity contribution in [2.75, 3.05) is 7.11 Å². The Hall–Kier alpha value is -3.70. The molecule has 4 aromatic rings. The van der Waals surface area contributed by atoms with E-state index in [1.54, 1.807) is 31.4 Å². The highest BCUT2D eigenvalue weighted by atomic mass is 32.1. The van der Waals surface area contributed by atoms with Crippen LogP contribution in [0.3, 0.4) is 0 Å². The van der Waals surface area contributed by atoms with Crippen molar-refractivity contribution in [1.29, 1.82) is 0 Å². The lowest BCUT2D eigenvalue weighted by Gasteiger charge is -2.11. The molecule has 0 amide bonds. The van der Waals surface area contributed by atoms with Crippen molar-refractivity contribution in [2.45, 2.75) is 13.0 Å². The molecule has 0 bridgehead atoms. The number of ketones is 1. The third-order valence-corrected chi connectivity index (χ3v) is 6.17. The number of rotatable bonds is 9. The highest BCUT2D eigenvalue weighted by molar-refractivity contribution is 7.14. The molecule has 5 heteroatoms. The summed E-state index contributed by atoms with van der Waals surface area (Å²) in [4.78, 5) is 14.5. The average molecular weight is 459 g/mol. The van der Waals surface area contributed by atoms with E-state index >= 15 is 0 Å². The van der Waals surface area contributed by atoms with Crippen molar-refractivity contribution >= 4 is 23.2 Å². The van der Waals surface area contributed by atoms with E-state index < -0.39 is 0 Å². The monoisotopic (exact) mass is 458 g/mol. The molecular weight excluding hydrogens is 435 g/mol. The first-order chi connectivity index (χ1) is 16.1. The van der Waals surface area contributed by atoms with Gasteiger partial charge in [-0.15, -0.1) is 11.3 Å². The Balaban J connectivity index is 1.42. The molecule has 0 aliphatic rings. The second kappa shape index (κ2) is 10.7. The predicted octanol–water partition coefficient (Wildman–Crippen LogP) is 6.96. The van der Waals surface area contributed by atoms with Crippen LogP contribution in [0.2, 0.25) is 0 Å². The highest BCUT2D eigenvalue weighted by Crippen LogP contribution is 2.24. The molecule has 3 nitrogen and oxygen atoms in total. The zero-order valence-corrected chi connectivity index (χ0v) is 19.0. The third kappa shape index (κ3) is 6.18. The number of hydrogen-bond acceptors (Lipinski definition) is 4. The van der Waals surface area contributed by atoms with Gasteiger partial charge >= 0.3 is 0 Å². The van der Waals surface area contributed by atoms with Crippen molar-refractivity contribution in [2.24, 2.45) is 0 Å². The van der Waals surface area contributed by atoms with Gasteiger partial charge in [0.05, 0.1) is 12.0 Å². The number of allylic oxidation sites excluding steroid dienone is 1. The molecule has 0 atom stereocenters. The molecule has 0 aliphatic heterocycles. The molecule has 1 heterocycles. The van der Waals surface area contributed by atoms with Gasteiger partial charge in [0.25, 0.3) is 0 Å². The summed E-state index contributed by atoms with van der Waals surface area (Å²) < 4.78 is 24.3. The van der Waals surface area contributed by atoms with Crippen LogP contribution in [-0.2, 0) is 13.0 Å². The van der Waals surface area contributed by atoms with Gasteiger partial charge in [-0.3, -0.25) is 4.79 Å². The zero-order valence-electron chi connectivity index (χ0n) is 18.2. The van der Waals surface area contributed by atoms with Crippen LogP contribution in [0.15, 0.2) is 91.0 Å². The molecule has 4 rings (SSSR count). The maximum Gasteiger partial charge on any atom is 0.195 e. The van der Waals surface area contributed by atoms with Crippen LogP contribution >= 0.6 is 11.3 Å². The van der Waals surface area contributed by atoms with Crippen LogP contribution < -0.4 is 9.47 Å². The highest BCUT2D eigenvalue weighted by Gasteiger charge is 2.09. The number of benzene rings is 3. The number of carbonyl (C=O) groups is 1. The minimum Gasteiger partial charge on any atom is -0.496 e. The minimum atomic E-state index is -0.311. The van der Waals surface area contributed by atoms with Gasteiger partial charge in [-0.25, -0.2) is 4.39 Å². The SMILES string of the molecule is COc1ccc(/C=C/C(=O)c2ccc(Cc3ccccc3)s2)cc1COc1ccc(F)cc1. The first kappa shape index (κ1) is 22.5. The number of ether oxygens (including phenoxy) is 2. The average Bonchev–Trinajstić information content (AvgIpc) is 3.31. The van der Waals surface area contributed by atoms with E-state index in [-0.39, 0.29) is 18.2 Å². The van der Waals surface area contributed by atoms with Crippen LogP contribution in [0.5, 0.6) is 11.5 Å². The standard InChI is InChI=1S/C28H23FO3S/c1-31-27-15-8-21(17-22(27)19-32-24-11-9-23(29)10-12-24)7-14-26(30)28-16-13-25(33-28)18-20-5-3-2-4-6-20/h2-17H,18-19H2,1H3/b14-7+. The molecule has 0 spiro atoms. The Kier molecular flexibility index (Phi) is 7.33. The molecule has 166 valence electrons. The number of methoxy groups -OCH3 is 1. The first-order valence-electron chi connectivity index (χ1n) is 10.5. The van der Waals surface area contributed by atoms with Crippen molar-refractivity contribution in [3.63, 3.8) is 0 Å². The Bertz CT molecular complexity index is 1240. The maximum absolute atomic E-state index is 13.1. The van der Waals surface area contributed by atoms with Crippen LogP contribution in [-0.4, -0.2) is 12.9 Å². The second-order valence-corrected chi connectivity index (χ2v) is 8.61. The van der Waals surface area contributed by atoms with Crippen molar-refractivity contribution in [3.8, 4) is 11.5 Å². The molecule has 0 radical (unpaired) electrons.